The number of ether oxygens (including phenoxy) is 3. The van der Waals surface area contributed by atoms with Crippen molar-refractivity contribution in [2.24, 2.45) is 0 Å². The lowest BCUT2D eigenvalue weighted by molar-refractivity contribution is -0.0546. The average molecular weight is 463 g/mol. The third-order valence-corrected chi connectivity index (χ3v) is 5.50. The van der Waals surface area contributed by atoms with Crippen LogP contribution < -0.4 is 4.74 Å². The Bertz CT molecular complexity index is 821. The first-order valence-corrected chi connectivity index (χ1v) is 11.2. The SMILES string of the molecule is COCCN(C[C@@H]1CN(C[C@@H](O)COc2ccc(Cl)cc2)CCO1)C(=O)c1ccccc1. The number of halogens is 1. The van der Waals surface area contributed by atoms with E-state index >= 15 is 0 Å². The molecule has 0 aliphatic carbocycles. The molecule has 8 heteroatoms. The second-order valence-corrected chi connectivity index (χ2v) is 8.22. The van der Waals surface area contributed by atoms with Crippen LogP contribution in [-0.4, -0.2) is 92.7 Å². The predicted molar refractivity (Wildman–Crippen MR) is 123 cm³/mol. The van der Waals surface area contributed by atoms with E-state index in [1.54, 1.807) is 36.3 Å². The molecular weight excluding hydrogens is 432 g/mol. The van der Waals surface area contributed by atoms with Crippen molar-refractivity contribution in [2.75, 3.05) is 59.7 Å². The van der Waals surface area contributed by atoms with Gasteiger partial charge in [0, 0.05) is 50.4 Å². The fourth-order valence-corrected chi connectivity index (χ4v) is 3.74. The molecule has 0 bridgehead atoms. The Morgan fingerprint density at radius 1 is 1.25 bits per heavy atom. The van der Waals surface area contributed by atoms with Crippen molar-refractivity contribution >= 4 is 17.5 Å². The number of morpholine rings is 1. The van der Waals surface area contributed by atoms with E-state index in [1.165, 1.54) is 0 Å². The maximum atomic E-state index is 13.0. The summed E-state index contributed by atoms with van der Waals surface area (Å²) in [6, 6.07) is 16.3. The van der Waals surface area contributed by atoms with Gasteiger partial charge in [0.2, 0.25) is 0 Å². The van der Waals surface area contributed by atoms with Crippen molar-refractivity contribution in [3.63, 3.8) is 0 Å². The van der Waals surface area contributed by atoms with Gasteiger partial charge in [-0.2, -0.15) is 0 Å². The molecule has 0 aromatic heterocycles. The molecule has 0 unspecified atom stereocenters. The highest BCUT2D eigenvalue weighted by Crippen LogP contribution is 2.16. The molecule has 2 aromatic carbocycles. The Hall–Kier alpha value is -2.16. The highest BCUT2D eigenvalue weighted by molar-refractivity contribution is 6.30. The van der Waals surface area contributed by atoms with E-state index in [-0.39, 0.29) is 18.6 Å². The number of carbonyl (C=O) groups excluding carboxylic acids is 1. The number of amides is 1. The lowest BCUT2D eigenvalue weighted by Gasteiger charge is -2.36. The van der Waals surface area contributed by atoms with E-state index in [1.807, 2.05) is 30.3 Å². The number of benzene rings is 2. The van der Waals surface area contributed by atoms with Crippen molar-refractivity contribution in [1.82, 2.24) is 9.80 Å². The normalized spacial score (nSPS) is 17.7. The van der Waals surface area contributed by atoms with Crippen molar-refractivity contribution in [3.8, 4) is 5.75 Å². The fraction of sp³-hybridized carbons (Fsp3) is 0.458. The van der Waals surface area contributed by atoms with Gasteiger partial charge in [-0.25, -0.2) is 0 Å². The van der Waals surface area contributed by atoms with Gasteiger partial charge in [-0.1, -0.05) is 29.8 Å². The minimum Gasteiger partial charge on any atom is -0.491 e. The van der Waals surface area contributed by atoms with E-state index in [2.05, 4.69) is 4.90 Å². The second-order valence-electron chi connectivity index (χ2n) is 7.78. The molecule has 0 saturated carbocycles. The lowest BCUT2D eigenvalue weighted by atomic mass is 10.1. The van der Waals surface area contributed by atoms with Crippen LogP contribution in [-0.2, 0) is 9.47 Å². The van der Waals surface area contributed by atoms with Crippen molar-refractivity contribution in [1.29, 1.82) is 0 Å². The Kier molecular flexibility index (Phi) is 9.77. The molecule has 174 valence electrons. The maximum absolute atomic E-state index is 13.0. The molecule has 32 heavy (non-hydrogen) atoms. The highest BCUT2D eigenvalue weighted by atomic mass is 35.5. The number of methoxy groups -OCH3 is 1. The van der Waals surface area contributed by atoms with Gasteiger partial charge in [0.1, 0.15) is 18.5 Å². The number of rotatable bonds is 11. The molecule has 1 N–H and O–H groups in total. The molecule has 1 aliphatic heterocycles. The molecule has 1 saturated heterocycles. The molecule has 1 fully saturated rings. The molecule has 0 spiro atoms. The van der Waals surface area contributed by atoms with E-state index in [0.29, 0.717) is 55.7 Å². The monoisotopic (exact) mass is 462 g/mol. The number of aliphatic hydroxyl groups is 1. The summed E-state index contributed by atoms with van der Waals surface area (Å²) in [7, 11) is 1.62. The van der Waals surface area contributed by atoms with E-state index in [0.717, 1.165) is 6.54 Å². The number of hydrogen-bond acceptors (Lipinski definition) is 6. The predicted octanol–water partition coefficient (Wildman–Crippen LogP) is 2.57. The van der Waals surface area contributed by atoms with Gasteiger partial charge in [0.05, 0.1) is 19.3 Å². The Balaban J connectivity index is 1.50. The van der Waals surface area contributed by atoms with Crippen molar-refractivity contribution < 1.29 is 24.1 Å². The summed E-state index contributed by atoms with van der Waals surface area (Å²) in [4.78, 5) is 16.9. The average Bonchev–Trinajstić information content (AvgIpc) is 2.82. The Morgan fingerprint density at radius 2 is 2.00 bits per heavy atom. The standard InChI is InChI=1S/C24H31ClN2O5/c1-30-13-12-27(24(29)19-5-3-2-4-6-19)17-23-16-26(11-14-31-23)15-21(28)18-32-22-9-7-20(25)8-10-22/h2-10,21,23,28H,11-18H2,1H3/t21-,23+/m1/s1. The maximum Gasteiger partial charge on any atom is 0.254 e. The molecule has 1 heterocycles. The quantitative estimate of drug-likeness (QED) is 0.553. The fourth-order valence-electron chi connectivity index (χ4n) is 3.62. The van der Waals surface area contributed by atoms with E-state index < -0.39 is 6.10 Å². The number of aliphatic hydroxyl groups excluding tert-OH is 1. The third kappa shape index (κ3) is 7.76. The summed E-state index contributed by atoms with van der Waals surface area (Å²) in [6.07, 6.45) is -0.780. The minimum absolute atomic E-state index is 0.0419. The molecule has 2 aromatic rings. The van der Waals surface area contributed by atoms with Crippen molar-refractivity contribution in [3.05, 3.63) is 65.2 Å². The van der Waals surface area contributed by atoms with Crippen molar-refractivity contribution in [2.45, 2.75) is 12.2 Å². The summed E-state index contributed by atoms with van der Waals surface area (Å²) < 4.78 is 16.8. The molecular formula is C24H31ClN2O5. The number of carbonyl (C=O) groups is 1. The van der Waals surface area contributed by atoms with Gasteiger partial charge < -0.3 is 24.2 Å². The van der Waals surface area contributed by atoms with Crippen LogP contribution >= 0.6 is 11.6 Å². The van der Waals surface area contributed by atoms with E-state index in [9.17, 15) is 9.90 Å². The first-order chi connectivity index (χ1) is 15.5. The number of nitrogens with zero attached hydrogens (tertiary/aromatic N) is 2. The van der Waals surface area contributed by atoms with Crippen LogP contribution in [0.25, 0.3) is 0 Å². The van der Waals surface area contributed by atoms with Crippen LogP contribution in [0.1, 0.15) is 10.4 Å². The van der Waals surface area contributed by atoms with Crippen LogP contribution in [0.4, 0.5) is 0 Å². The van der Waals surface area contributed by atoms with Gasteiger partial charge in [-0.3, -0.25) is 9.69 Å². The van der Waals surface area contributed by atoms with Crippen LogP contribution in [0.2, 0.25) is 5.02 Å². The second kappa shape index (κ2) is 12.8. The van der Waals surface area contributed by atoms with Crippen LogP contribution in [0.15, 0.2) is 54.6 Å². The van der Waals surface area contributed by atoms with Crippen LogP contribution in [0.5, 0.6) is 5.75 Å². The Labute approximate surface area is 194 Å². The lowest BCUT2D eigenvalue weighted by Crippen LogP contribution is -2.51. The van der Waals surface area contributed by atoms with Gasteiger partial charge in [-0.05, 0) is 36.4 Å². The first-order valence-electron chi connectivity index (χ1n) is 10.8. The summed E-state index contributed by atoms with van der Waals surface area (Å²) in [5.74, 6) is 0.626. The molecule has 7 nitrogen and oxygen atoms in total. The smallest absolute Gasteiger partial charge is 0.254 e. The van der Waals surface area contributed by atoms with Crippen LogP contribution in [0.3, 0.4) is 0 Å². The van der Waals surface area contributed by atoms with E-state index in [4.69, 9.17) is 25.8 Å². The summed E-state index contributed by atoms with van der Waals surface area (Å²) in [5.41, 5.74) is 0.644. The van der Waals surface area contributed by atoms with Gasteiger partial charge >= 0.3 is 0 Å². The summed E-state index contributed by atoms with van der Waals surface area (Å²) >= 11 is 5.88. The zero-order valence-corrected chi connectivity index (χ0v) is 19.1. The molecule has 1 aliphatic rings. The molecule has 0 radical (unpaired) electrons. The summed E-state index contributed by atoms with van der Waals surface area (Å²) in [5, 5.41) is 11.1. The number of hydrogen-bond donors (Lipinski definition) is 1. The number of β-amino-alcohol motifs (C(OH)–C–C–N with tert-alkyl or cyclic N) is 1. The first kappa shape index (κ1) is 24.5. The third-order valence-electron chi connectivity index (χ3n) is 5.25. The van der Waals surface area contributed by atoms with Gasteiger partial charge in [0.15, 0.2) is 0 Å². The Morgan fingerprint density at radius 3 is 2.72 bits per heavy atom. The van der Waals surface area contributed by atoms with Gasteiger partial charge in [0.25, 0.3) is 5.91 Å². The highest BCUT2D eigenvalue weighted by Gasteiger charge is 2.26. The summed E-state index contributed by atoms with van der Waals surface area (Å²) in [6.45, 7) is 3.96. The zero-order chi connectivity index (χ0) is 22.8. The molecule has 3 rings (SSSR count). The zero-order valence-electron chi connectivity index (χ0n) is 18.4. The van der Waals surface area contributed by atoms with Crippen LogP contribution in [0, 0.1) is 0 Å². The largest absolute Gasteiger partial charge is 0.491 e. The molecule has 2 atom stereocenters. The van der Waals surface area contributed by atoms with Gasteiger partial charge in [-0.15, -0.1) is 0 Å². The topological polar surface area (TPSA) is 71.5 Å². The minimum atomic E-state index is -0.639. The molecule has 1 amide bonds.